The van der Waals surface area contributed by atoms with E-state index in [1.165, 1.54) is 0 Å². The predicted molar refractivity (Wildman–Crippen MR) is 76.8 cm³/mol. The number of nitrogens with one attached hydrogen (secondary N) is 1. The zero-order valence-corrected chi connectivity index (χ0v) is 12.6. The smallest absolute Gasteiger partial charge is 0.407 e. The van der Waals surface area contributed by atoms with Crippen LogP contribution in [-0.2, 0) is 4.74 Å². The number of rotatable bonds is 2. The Morgan fingerprint density at radius 3 is 2.41 bits per heavy atom. The lowest BCUT2D eigenvalue weighted by Gasteiger charge is -2.19. The summed E-state index contributed by atoms with van der Waals surface area (Å²) in [6.45, 7) is 5.49. The number of hydrogen-bond acceptors (Lipinski definition) is 3. The largest absolute Gasteiger partial charge is 0.444 e. The van der Waals surface area contributed by atoms with Crippen LogP contribution in [0.15, 0.2) is 12.1 Å². The summed E-state index contributed by atoms with van der Waals surface area (Å²) in [5.41, 5.74) is -0.506. The first-order valence-electron chi connectivity index (χ1n) is 6.58. The summed E-state index contributed by atoms with van der Waals surface area (Å²) in [4.78, 5) is 11.4. The third-order valence-electron chi connectivity index (χ3n) is 2.32. The normalized spacial score (nSPS) is 10.2. The molecule has 1 aromatic rings. The van der Waals surface area contributed by atoms with Crippen molar-refractivity contribution < 1.29 is 18.3 Å². The summed E-state index contributed by atoms with van der Waals surface area (Å²) in [6, 6.07) is 3.43. The fraction of sp³-hybridized carbons (Fsp3) is 0.375. The Kier molecular flexibility index (Phi) is 5.89. The zero-order chi connectivity index (χ0) is 16.8. The van der Waals surface area contributed by atoms with Crippen molar-refractivity contribution in [2.45, 2.75) is 32.8 Å². The van der Waals surface area contributed by atoms with Gasteiger partial charge in [-0.25, -0.2) is 13.6 Å². The number of nitriles is 1. The number of halogens is 2. The third kappa shape index (κ3) is 5.80. The fourth-order valence-corrected chi connectivity index (χ4v) is 1.44. The number of carbonyl (C=O) groups excluding carboxylic acids is 1. The van der Waals surface area contributed by atoms with E-state index < -0.39 is 23.3 Å². The molecular weight excluding hydrogens is 290 g/mol. The number of carbonyl (C=O) groups is 1. The van der Waals surface area contributed by atoms with Gasteiger partial charge in [0.2, 0.25) is 0 Å². The highest BCUT2D eigenvalue weighted by Crippen LogP contribution is 2.13. The molecule has 0 spiro atoms. The van der Waals surface area contributed by atoms with Crippen LogP contribution in [0.2, 0.25) is 0 Å². The van der Waals surface area contributed by atoms with Crippen molar-refractivity contribution in [2.75, 3.05) is 6.54 Å². The minimum Gasteiger partial charge on any atom is -0.444 e. The molecule has 0 heterocycles. The monoisotopic (exact) mass is 306 g/mol. The number of ether oxygens (including phenoxy) is 1. The van der Waals surface area contributed by atoms with Crippen molar-refractivity contribution in [1.29, 1.82) is 5.26 Å². The molecule has 0 saturated carbocycles. The molecule has 0 fully saturated rings. The summed E-state index contributed by atoms with van der Waals surface area (Å²) in [5.74, 6) is 3.11. The van der Waals surface area contributed by atoms with Crippen LogP contribution in [0, 0.1) is 34.8 Å². The summed E-state index contributed by atoms with van der Waals surface area (Å²) in [7, 11) is 0. The average Bonchev–Trinajstić information content (AvgIpc) is 2.39. The van der Waals surface area contributed by atoms with Crippen LogP contribution in [0.3, 0.4) is 0 Å². The Morgan fingerprint density at radius 1 is 1.27 bits per heavy atom. The topological polar surface area (TPSA) is 62.1 Å². The molecule has 1 rings (SSSR count). The van der Waals surface area contributed by atoms with Gasteiger partial charge in [0.25, 0.3) is 0 Å². The van der Waals surface area contributed by atoms with Crippen molar-refractivity contribution >= 4 is 6.09 Å². The molecular formula is C16H16F2N2O2. The van der Waals surface area contributed by atoms with Gasteiger partial charge >= 0.3 is 6.09 Å². The highest BCUT2D eigenvalue weighted by molar-refractivity contribution is 5.67. The van der Waals surface area contributed by atoms with Crippen LogP contribution < -0.4 is 5.32 Å². The van der Waals surface area contributed by atoms with Gasteiger partial charge < -0.3 is 10.1 Å². The van der Waals surface area contributed by atoms with E-state index in [0.29, 0.717) is 0 Å². The number of alkyl carbamates (subject to hydrolysis) is 1. The maximum atomic E-state index is 13.1. The van der Waals surface area contributed by atoms with E-state index in [2.05, 4.69) is 17.2 Å². The van der Waals surface area contributed by atoms with Crippen LogP contribution in [0.1, 0.15) is 38.3 Å². The van der Waals surface area contributed by atoms with E-state index in [0.717, 1.165) is 12.1 Å². The van der Waals surface area contributed by atoms with Crippen LogP contribution in [0.4, 0.5) is 13.6 Å². The molecule has 0 atom stereocenters. The van der Waals surface area contributed by atoms with E-state index in [1.807, 2.05) is 0 Å². The summed E-state index contributed by atoms with van der Waals surface area (Å²) < 4.78 is 31.1. The molecule has 22 heavy (non-hydrogen) atoms. The van der Waals surface area contributed by atoms with Gasteiger partial charge in [0.15, 0.2) is 11.6 Å². The van der Waals surface area contributed by atoms with Crippen LogP contribution in [0.5, 0.6) is 0 Å². The molecule has 0 aliphatic carbocycles. The Labute approximate surface area is 128 Å². The van der Waals surface area contributed by atoms with Crippen LogP contribution in [-0.4, -0.2) is 18.2 Å². The quantitative estimate of drug-likeness (QED) is 0.674. The lowest BCUT2D eigenvalue weighted by atomic mass is 10.1. The Hall–Kier alpha value is -2.60. The summed E-state index contributed by atoms with van der Waals surface area (Å²) in [6.07, 6.45) is -0.275. The van der Waals surface area contributed by atoms with Gasteiger partial charge in [-0.15, -0.1) is 0 Å². The molecule has 1 aromatic carbocycles. The van der Waals surface area contributed by atoms with E-state index in [4.69, 9.17) is 10.00 Å². The minimum absolute atomic E-state index is 0.0356. The number of amides is 1. The van der Waals surface area contributed by atoms with Crippen molar-refractivity contribution in [3.8, 4) is 17.9 Å². The molecule has 0 bridgehead atoms. The van der Waals surface area contributed by atoms with E-state index in [1.54, 1.807) is 26.8 Å². The molecule has 0 saturated heterocycles. The highest BCUT2D eigenvalue weighted by atomic mass is 19.2. The summed E-state index contributed by atoms with van der Waals surface area (Å²) >= 11 is 0. The number of nitrogens with zero attached hydrogens (tertiary/aromatic N) is 1. The van der Waals surface area contributed by atoms with Gasteiger partial charge in [-0.1, -0.05) is 11.8 Å². The first-order valence-corrected chi connectivity index (χ1v) is 6.58. The van der Waals surface area contributed by atoms with E-state index in [-0.39, 0.29) is 24.1 Å². The molecule has 0 unspecified atom stereocenters. The molecule has 4 nitrogen and oxygen atoms in total. The van der Waals surface area contributed by atoms with E-state index >= 15 is 0 Å². The van der Waals surface area contributed by atoms with Gasteiger partial charge in [-0.3, -0.25) is 0 Å². The molecule has 0 aliphatic heterocycles. The molecule has 1 N–H and O–H groups in total. The van der Waals surface area contributed by atoms with Crippen molar-refractivity contribution in [1.82, 2.24) is 5.32 Å². The second-order valence-electron chi connectivity index (χ2n) is 5.40. The molecule has 116 valence electrons. The van der Waals surface area contributed by atoms with Crippen molar-refractivity contribution in [3.05, 3.63) is 34.9 Å². The SMILES string of the molecule is CC(C)(C)OC(=O)NCCC#Cc1cc(F)c(F)cc1C#N. The standard InChI is InChI=1S/C16H16F2N2O2/c1-16(2,3)22-15(21)20-7-5-4-6-11-8-13(17)14(18)9-12(11)10-19/h8-9H,5,7H2,1-3H3,(H,20,21). The molecule has 1 amide bonds. The van der Waals surface area contributed by atoms with Crippen molar-refractivity contribution in [2.24, 2.45) is 0 Å². The van der Waals surface area contributed by atoms with Gasteiger partial charge in [-0.05, 0) is 32.9 Å². The maximum absolute atomic E-state index is 13.1. The van der Waals surface area contributed by atoms with Crippen molar-refractivity contribution in [3.63, 3.8) is 0 Å². The van der Waals surface area contributed by atoms with Gasteiger partial charge in [0.05, 0.1) is 5.56 Å². The Morgan fingerprint density at radius 2 is 1.86 bits per heavy atom. The highest BCUT2D eigenvalue weighted by Gasteiger charge is 2.15. The van der Waals surface area contributed by atoms with E-state index in [9.17, 15) is 13.6 Å². The molecule has 6 heteroatoms. The second-order valence-corrected chi connectivity index (χ2v) is 5.40. The lowest BCUT2D eigenvalue weighted by Crippen LogP contribution is -2.32. The Balaban J connectivity index is 2.58. The first-order chi connectivity index (χ1) is 10.2. The molecule has 0 aromatic heterocycles. The zero-order valence-electron chi connectivity index (χ0n) is 12.6. The van der Waals surface area contributed by atoms with Gasteiger partial charge in [0.1, 0.15) is 11.7 Å². The lowest BCUT2D eigenvalue weighted by molar-refractivity contribution is 0.0529. The summed E-state index contributed by atoms with van der Waals surface area (Å²) in [5, 5.41) is 11.3. The Bertz CT molecular complexity index is 662. The third-order valence-corrected chi connectivity index (χ3v) is 2.32. The van der Waals surface area contributed by atoms with Crippen LogP contribution in [0.25, 0.3) is 0 Å². The number of hydrogen-bond donors (Lipinski definition) is 1. The second kappa shape index (κ2) is 7.42. The fourth-order valence-electron chi connectivity index (χ4n) is 1.44. The first kappa shape index (κ1) is 17.5. The molecule has 0 radical (unpaired) electrons. The molecule has 0 aliphatic rings. The predicted octanol–water partition coefficient (Wildman–Crippen LogP) is 3.10. The van der Waals surface area contributed by atoms with Gasteiger partial charge in [0, 0.05) is 18.5 Å². The maximum Gasteiger partial charge on any atom is 0.407 e. The average molecular weight is 306 g/mol. The van der Waals surface area contributed by atoms with Gasteiger partial charge in [-0.2, -0.15) is 5.26 Å². The minimum atomic E-state index is -1.09. The van der Waals surface area contributed by atoms with Crippen LogP contribution >= 0.6 is 0 Å². The number of benzene rings is 1.